The highest BCUT2D eigenvalue weighted by molar-refractivity contribution is 5.81. The molecule has 0 aromatic carbocycles. The van der Waals surface area contributed by atoms with E-state index >= 15 is 0 Å². The molecule has 2 heterocycles. The van der Waals surface area contributed by atoms with Gasteiger partial charge in [0.2, 0.25) is 5.91 Å². The number of amides is 1. The van der Waals surface area contributed by atoms with Crippen molar-refractivity contribution < 1.29 is 29.7 Å². The highest BCUT2D eigenvalue weighted by atomic mass is 16.4. The molecule has 2 saturated heterocycles. The fourth-order valence-corrected chi connectivity index (χ4v) is 2.95. The maximum Gasteiger partial charge on any atom is 0.303 e. The molecule has 2 aliphatic heterocycles. The van der Waals surface area contributed by atoms with Crippen LogP contribution in [0.25, 0.3) is 0 Å². The Morgan fingerprint density at radius 2 is 1.68 bits per heavy atom. The van der Waals surface area contributed by atoms with Crippen LogP contribution in [0.2, 0.25) is 0 Å². The summed E-state index contributed by atoms with van der Waals surface area (Å²) in [5, 5.41) is 25.6. The smallest absolute Gasteiger partial charge is 0.303 e. The number of β-amino-alcohol motifs (C(OH)–C–C–N with tert-alkyl or cyclic N) is 1. The Kier molecular flexibility index (Phi) is 7.83. The summed E-state index contributed by atoms with van der Waals surface area (Å²) in [6.45, 7) is 2.58. The molecule has 8 heteroatoms. The topological polar surface area (TPSA) is 118 Å². The van der Waals surface area contributed by atoms with Crippen LogP contribution < -0.4 is 0 Å². The van der Waals surface area contributed by atoms with Crippen LogP contribution in [-0.2, 0) is 14.4 Å². The summed E-state index contributed by atoms with van der Waals surface area (Å²) < 4.78 is 0. The minimum atomic E-state index is -0.958. The van der Waals surface area contributed by atoms with Crippen molar-refractivity contribution in [2.24, 2.45) is 0 Å². The zero-order valence-electron chi connectivity index (χ0n) is 12.6. The van der Waals surface area contributed by atoms with Crippen molar-refractivity contribution >= 4 is 18.3 Å². The highest BCUT2D eigenvalue weighted by Crippen LogP contribution is 2.21. The van der Waals surface area contributed by atoms with Crippen LogP contribution in [0, 0.1) is 0 Å². The predicted octanol–water partition coefficient (Wildman–Crippen LogP) is -0.390. The van der Waals surface area contributed by atoms with Crippen molar-refractivity contribution in [2.45, 2.75) is 44.2 Å². The molecule has 0 aromatic heterocycles. The average molecular weight is 316 g/mol. The number of carbonyl (C=O) groups excluding carboxylic acids is 1. The summed E-state index contributed by atoms with van der Waals surface area (Å²) in [5.74, 6) is -1.12. The molecule has 2 aliphatic rings. The molecule has 2 atom stereocenters. The third kappa shape index (κ3) is 5.61. The Hall–Kier alpha value is -1.67. The lowest BCUT2D eigenvalue weighted by Crippen LogP contribution is -2.46. The molecule has 0 saturated carbocycles. The SMILES string of the molecule is O=C(O)CCC(=O)N1C[C@H](O)[C@@H](N2CCCCC2)C1.O=CO. The van der Waals surface area contributed by atoms with Gasteiger partial charge in [-0.05, 0) is 25.9 Å². The summed E-state index contributed by atoms with van der Waals surface area (Å²) in [7, 11) is 0. The van der Waals surface area contributed by atoms with Crippen LogP contribution in [0.4, 0.5) is 0 Å². The second-order valence-electron chi connectivity index (χ2n) is 5.53. The van der Waals surface area contributed by atoms with E-state index in [1.165, 1.54) is 6.42 Å². The summed E-state index contributed by atoms with van der Waals surface area (Å²) in [6, 6.07) is 0.0223. The summed E-state index contributed by atoms with van der Waals surface area (Å²) in [6.07, 6.45) is 2.91. The number of piperidine rings is 1. The lowest BCUT2D eigenvalue weighted by atomic mass is 10.1. The van der Waals surface area contributed by atoms with Crippen LogP contribution in [0.15, 0.2) is 0 Å². The number of hydrogen-bond donors (Lipinski definition) is 3. The number of hydrogen-bond acceptors (Lipinski definition) is 5. The van der Waals surface area contributed by atoms with Crippen LogP contribution >= 0.6 is 0 Å². The molecular weight excluding hydrogens is 292 g/mol. The molecule has 0 radical (unpaired) electrons. The molecule has 22 heavy (non-hydrogen) atoms. The van der Waals surface area contributed by atoms with Crippen molar-refractivity contribution in [3.8, 4) is 0 Å². The maximum atomic E-state index is 11.9. The van der Waals surface area contributed by atoms with Crippen LogP contribution in [0.1, 0.15) is 32.1 Å². The van der Waals surface area contributed by atoms with Crippen LogP contribution in [0.3, 0.4) is 0 Å². The molecule has 0 aliphatic carbocycles. The fourth-order valence-electron chi connectivity index (χ4n) is 2.95. The van der Waals surface area contributed by atoms with E-state index in [-0.39, 0.29) is 31.3 Å². The summed E-state index contributed by atoms with van der Waals surface area (Å²) in [5.41, 5.74) is 0. The van der Waals surface area contributed by atoms with Crippen molar-refractivity contribution in [1.29, 1.82) is 0 Å². The number of aliphatic carboxylic acids is 1. The predicted molar refractivity (Wildman–Crippen MR) is 77.4 cm³/mol. The molecular formula is C14H24N2O6. The monoisotopic (exact) mass is 316 g/mol. The molecule has 0 spiro atoms. The van der Waals surface area contributed by atoms with Crippen molar-refractivity contribution in [1.82, 2.24) is 9.80 Å². The van der Waals surface area contributed by atoms with Gasteiger partial charge in [-0.2, -0.15) is 0 Å². The molecule has 0 bridgehead atoms. The minimum absolute atomic E-state index is 0.0223. The molecule has 126 valence electrons. The first-order valence-corrected chi connectivity index (χ1v) is 7.49. The van der Waals surface area contributed by atoms with Gasteiger partial charge in [0.15, 0.2) is 0 Å². The molecule has 2 rings (SSSR count). The standard InChI is InChI=1S/C13H22N2O4.CH2O2/c16-11-9-15(12(17)4-5-13(18)19)8-10(11)14-6-2-1-3-7-14;2-1-3/h10-11,16H,1-9H2,(H,18,19);1H,(H,2,3)/t10-,11-;/m0./s1. The lowest BCUT2D eigenvalue weighted by Gasteiger charge is -2.33. The van der Waals surface area contributed by atoms with E-state index in [9.17, 15) is 14.7 Å². The van der Waals surface area contributed by atoms with Gasteiger partial charge in [-0.3, -0.25) is 19.3 Å². The molecule has 0 aromatic rings. The summed E-state index contributed by atoms with van der Waals surface area (Å²) in [4.78, 5) is 34.6. The Labute approximate surface area is 129 Å². The van der Waals surface area contributed by atoms with Gasteiger partial charge >= 0.3 is 5.97 Å². The number of carboxylic acids is 1. The Bertz CT molecular complexity index is 384. The van der Waals surface area contributed by atoms with Crippen LogP contribution in [0.5, 0.6) is 0 Å². The van der Waals surface area contributed by atoms with E-state index in [0.29, 0.717) is 13.1 Å². The second-order valence-corrected chi connectivity index (χ2v) is 5.53. The van der Waals surface area contributed by atoms with Gasteiger partial charge in [0.05, 0.1) is 18.6 Å². The van der Waals surface area contributed by atoms with Gasteiger partial charge in [0, 0.05) is 19.5 Å². The number of carbonyl (C=O) groups is 3. The van der Waals surface area contributed by atoms with E-state index in [0.717, 1.165) is 25.9 Å². The number of nitrogens with zero attached hydrogens (tertiary/aromatic N) is 2. The zero-order chi connectivity index (χ0) is 16.5. The van der Waals surface area contributed by atoms with E-state index in [4.69, 9.17) is 15.0 Å². The zero-order valence-corrected chi connectivity index (χ0v) is 12.6. The second kappa shape index (κ2) is 9.37. The van der Waals surface area contributed by atoms with Gasteiger partial charge in [0.1, 0.15) is 0 Å². The molecule has 2 fully saturated rings. The lowest BCUT2D eigenvalue weighted by molar-refractivity contribution is -0.140. The maximum absolute atomic E-state index is 11.9. The van der Waals surface area contributed by atoms with Gasteiger partial charge in [-0.15, -0.1) is 0 Å². The number of rotatable bonds is 4. The van der Waals surface area contributed by atoms with E-state index in [2.05, 4.69) is 4.90 Å². The number of likely N-dealkylation sites (tertiary alicyclic amines) is 2. The first-order chi connectivity index (χ1) is 10.5. The largest absolute Gasteiger partial charge is 0.483 e. The molecule has 1 amide bonds. The van der Waals surface area contributed by atoms with Gasteiger partial charge in [0.25, 0.3) is 6.47 Å². The minimum Gasteiger partial charge on any atom is -0.483 e. The van der Waals surface area contributed by atoms with Gasteiger partial charge in [-0.1, -0.05) is 6.42 Å². The first kappa shape index (κ1) is 18.4. The normalized spacial score (nSPS) is 25.2. The Morgan fingerprint density at radius 1 is 1.09 bits per heavy atom. The number of aliphatic hydroxyl groups is 1. The van der Waals surface area contributed by atoms with Gasteiger partial charge in [-0.25, -0.2) is 0 Å². The van der Waals surface area contributed by atoms with Crippen molar-refractivity contribution in [3.05, 3.63) is 0 Å². The fraction of sp³-hybridized carbons (Fsp3) is 0.786. The van der Waals surface area contributed by atoms with Crippen LogP contribution in [-0.4, -0.2) is 81.8 Å². The highest BCUT2D eigenvalue weighted by Gasteiger charge is 2.37. The Morgan fingerprint density at radius 3 is 2.23 bits per heavy atom. The van der Waals surface area contributed by atoms with E-state index in [1.807, 2.05) is 0 Å². The van der Waals surface area contributed by atoms with E-state index < -0.39 is 12.1 Å². The van der Waals surface area contributed by atoms with Crippen molar-refractivity contribution in [2.75, 3.05) is 26.2 Å². The third-order valence-electron chi connectivity index (χ3n) is 4.02. The first-order valence-electron chi connectivity index (χ1n) is 7.49. The molecule has 3 N–H and O–H groups in total. The molecule has 8 nitrogen and oxygen atoms in total. The average Bonchev–Trinajstić information content (AvgIpc) is 2.88. The van der Waals surface area contributed by atoms with Gasteiger partial charge < -0.3 is 20.2 Å². The van der Waals surface area contributed by atoms with E-state index in [1.54, 1.807) is 4.90 Å². The molecule has 0 unspecified atom stereocenters. The number of carboxylic acid groups (broad SMARTS) is 2. The quantitative estimate of drug-likeness (QED) is 0.604. The number of aliphatic hydroxyl groups excluding tert-OH is 1. The van der Waals surface area contributed by atoms with Crippen molar-refractivity contribution in [3.63, 3.8) is 0 Å². The third-order valence-corrected chi connectivity index (χ3v) is 4.02. The Balaban J connectivity index is 0.000000745. The summed E-state index contributed by atoms with van der Waals surface area (Å²) >= 11 is 0.